The Morgan fingerprint density at radius 1 is 1.24 bits per heavy atom. The van der Waals surface area contributed by atoms with Gasteiger partial charge in [-0.2, -0.15) is 5.10 Å². The lowest BCUT2D eigenvalue weighted by atomic mass is 10.0. The summed E-state index contributed by atoms with van der Waals surface area (Å²) < 4.78 is 5.70. The Kier molecular flexibility index (Phi) is 6.39. The van der Waals surface area contributed by atoms with Crippen molar-refractivity contribution in [3.8, 4) is 11.5 Å². The zero-order valence-electron chi connectivity index (χ0n) is 16.6. The summed E-state index contributed by atoms with van der Waals surface area (Å²) in [7, 11) is 0. The van der Waals surface area contributed by atoms with Gasteiger partial charge in [0.05, 0.1) is 6.21 Å². The number of carbonyl (C=O) groups excluding carboxylic acids is 1. The highest BCUT2D eigenvalue weighted by Crippen LogP contribution is 2.32. The SMILES string of the molecule is Cc1cc(OCC(=O)N/N=C/c2c(O)ccc3ccccc23)c(C(C)C)cc1Cl. The maximum atomic E-state index is 12.1. The molecule has 5 nitrogen and oxygen atoms in total. The zero-order chi connectivity index (χ0) is 21.0. The van der Waals surface area contributed by atoms with Crippen LogP contribution in [-0.4, -0.2) is 23.8 Å². The number of nitrogens with one attached hydrogen (secondary N) is 1. The molecule has 0 heterocycles. The van der Waals surface area contributed by atoms with Crippen LogP contribution in [0.25, 0.3) is 10.8 Å². The number of benzene rings is 3. The molecule has 2 N–H and O–H groups in total. The molecule has 0 saturated heterocycles. The van der Waals surface area contributed by atoms with Crippen LogP contribution in [0.2, 0.25) is 5.02 Å². The van der Waals surface area contributed by atoms with Crippen LogP contribution in [0.5, 0.6) is 11.5 Å². The van der Waals surface area contributed by atoms with Gasteiger partial charge >= 0.3 is 0 Å². The molecule has 3 aromatic carbocycles. The Labute approximate surface area is 175 Å². The Morgan fingerprint density at radius 2 is 2.00 bits per heavy atom. The summed E-state index contributed by atoms with van der Waals surface area (Å²) in [6.45, 7) is 5.78. The van der Waals surface area contributed by atoms with Crippen molar-refractivity contribution < 1.29 is 14.6 Å². The number of aromatic hydroxyl groups is 1. The highest BCUT2D eigenvalue weighted by atomic mass is 35.5. The van der Waals surface area contributed by atoms with E-state index in [9.17, 15) is 9.90 Å². The van der Waals surface area contributed by atoms with Crippen molar-refractivity contribution >= 4 is 34.5 Å². The molecular weight excluding hydrogens is 388 g/mol. The lowest BCUT2D eigenvalue weighted by molar-refractivity contribution is -0.123. The van der Waals surface area contributed by atoms with E-state index < -0.39 is 5.91 Å². The van der Waals surface area contributed by atoms with Gasteiger partial charge < -0.3 is 9.84 Å². The molecule has 0 radical (unpaired) electrons. The molecule has 0 aliphatic heterocycles. The van der Waals surface area contributed by atoms with Crippen LogP contribution in [0.3, 0.4) is 0 Å². The van der Waals surface area contributed by atoms with Crippen molar-refractivity contribution in [1.29, 1.82) is 0 Å². The van der Waals surface area contributed by atoms with Crippen LogP contribution < -0.4 is 10.2 Å². The van der Waals surface area contributed by atoms with Gasteiger partial charge in [-0.05, 0) is 52.9 Å². The molecular formula is C23H23ClN2O3. The van der Waals surface area contributed by atoms with E-state index in [1.807, 2.05) is 63.2 Å². The number of nitrogens with zero attached hydrogens (tertiary/aromatic N) is 1. The van der Waals surface area contributed by atoms with E-state index in [-0.39, 0.29) is 18.3 Å². The molecule has 0 fully saturated rings. The van der Waals surface area contributed by atoms with Crippen molar-refractivity contribution in [2.75, 3.05) is 6.61 Å². The number of hydrazone groups is 1. The van der Waals surface area contributed by atoms with Gasteiger partial charge in [0.15, 0.2) is 6.61 Å². The second-order valence-corrected chi connectivity index (χ2v) is 7.50. The molecule has 0 bridgehead atoms. The van der Waals surface area contributed by atoms with Crippen molar-refractivity contribution in [3.05, 3.63) is 70.2 Å². The number of hydrogen-bond donors (Lipinski definition) is 2. The van der Waals surface area contributed by atoms with Crippen LogP contribution in [0.1, 0.15) is 36.5 Å². The fraction of sp³-hybridized carbons (Fsp3) is 0.217. The summed E-state index contributed by atoms with van der Waals surface area (Å²) in [5.74, 6) is 0.533. The third kappa shape index (κ3) is 4.87. The molecule has 150 valence electrons. The van der Waals surface area contributed by atoms with E-state index in [1.165, 1.54) is 6.21 Å². The number of hydrogen-bond acceptors (Lipinski definition) is 4. The minimum atomic E-state index is -0.400. The largest absolute Gasteiger partial charge is 0.507 e. The summed E-state index contributed by atoms with van der Waals surface area (Å²) >= 11 is 6.20. The average molecular weight is 411 g/mol. The Hall–Kier alpha value is -3.05. The van der Waals surface area contributed by atoms with E-state index in [2.05, 4.69) is 10.5 Å². The number of phenolic OH excluding ortho intramolecular Hbond substituents is 1. The molecule has 3 rings (SSSR count). The molecule has 0 aliphatic rings. The first-order chi connectivity index (χ1) is 13.9. The molecule has 0 saturated carbocycles. The standard InChI is InChI=1S/C23H23ClN2O3/c1-14(2)18-11-20(24)15(3)10-22(18)29-13-23(28)26-25-12-19-17-7-5-4-6-16(17)8-9-21(19)27/h4-12,14,27H,13H2,1-3H3,(H,26,28)/b25-12+. The van der Waals surface area contributed by atoms with E-state index in [0.717, 1.165) is 21.9 Å². The number of rotatable bonds is 6. The van der Waals surface area contributed by atoms with Gasteiger partial charge in [-0.15, -0.1) is 0 Å². The third-order valence-corrected chi connectivity index (χ3v) is 5.01. The van der Waals surface area contributed by atoms with Crippen LogP contribution in [-0.2, 0) is 4.79 Å². The van der Waals surface area contributed by atoms with Crippen molar-refractivity contribution in [1.82, 2.24) is 5.43 Å². The minimum absolute atomic E-state index is 0.0937. The Bertz CT molecular complexity index is 1080. The molecule has 6 heteroatoms. The molecule has 0 spiro atoms. The van der Waals surface area contributed by atoms with E-state index in [1.54, 1.807) is 6.07 Å². The summed E-state index contributed by atoms with van der Waals surface area (Å²) in [4.78, 5) is 12.1. The number of ether oxygens (including phenoxy) is 1. The average Bonchev–Trinajstić information content (AvgIpc) is 2.70. The van der Waals surface area contributed by atoms with Crippen molar-refractivity contribution in [2.24, 2.45) is 5.10 Å². The fourth-order valence-corrected chi connectivity index (χ4v) is 3.18. The van der Waals surface area contributed by atoms with Crippen molar-refractivity contribution in [3.63, 3.8) is 0 Å². The topological polar surface area (TPSA) is 70.9 Å². The van der Waals surface area contributed by atoms with Gasteiger partial charge in [-0.1, -0.05) is 55.8 Å². The van der Waals surface area contributed by atoms with Gasteiger partial charge in [-0.25, -0.2) is 5.43 Å². The molecule has 1 amide bonds. The number of halogens is 1. The third-order valence-electron chi connectivity index (χ3n) is 4.60. The highest BCUT2D eigenvalue weighted by Gasteiger charge is 2.12. The molecule has 0 unspecified atom stereocenters. The Balaban J connectivity index is 1.67. The lowest BCUT2D eigenvalue weighted by Crippen LogP contribution is -2.25. The highest BCUT2D eigenvalue weighted by molar-refractivity contribution is 6.31. The number of phenols is 1. The monoisotopic (exact) mass is 410 g/mol. The molecule has 3 aromatic rings. The van der Waals surface area contributed by atoms with Crippen LogP contribution >= 0.6 is 11.6 Å². The lowest BCUT2D eigenvalue weighted by Gasteiger charge is -2.15. The zero-order valence-corrected chi connectivity index (χ0v) is 17.3. The van der Waals surface area contributed by atoms with E-state index >= 15 is 0 Å². The molecule has 29 heavy (non-hydrogen) atoms. The number of fused-ring (bicyclic) bond motifs is 1. The van der Waals surface area contributed by atoms with Gasteiger partial charge in [0.25, 0.3) is 5.91 Å². The first-order valence-corrected chi connectivity index (χ1v) is 9.70. The number of aryl methyl sites for hydroxylation is 1. The second-order valence-electron chi connectivity index (χ2n) is 7.10. The van der Waals surface area contributed by atoms with Crippen LogP contribution in [0, 0.1) is 6.92 Å². The quantitative estimate of drug-likeness (QED) is 0.435. The van der Waals surface area contributed by atoms with Gasteiger partial charge in [0, 0.05) is 10.6 Å². The normalized spacial score (nSPS) is 11.3. The van der Waals surface area contributed by atoms with Gasteiger partial charge in [0.2, 0.25) is 0 Å². The van der Waals surface area contributed by atoms with Crippen molar-refractivity contribution in [2.45, 2.75) is 26.7 Å². The summed E-state index contributed by atoms with van der Waals surface area (Å²) in [5, 5.41) is 16.6. The number of amides is 1. The maximum Gasteiger partial charge on any atom is 0.277 e. The summed E-state index contributed by atoms with van der Waals surface area (Å²) in [5.41, 5.74) is 4.81. The van der Waals surface area contributed by atoms with Crippen LogP contribution in [0.15, 0.2) is 53.6 Å². The predicted octanol–water partition coefficient (Wildman–Crippen LogP) is 5.16. The van der Waals surface area contributed by atoms with Gasteiger partial charge in [-0.3, -0.25) is 4.79 Å². The number of carbonyl (C=O) groups is 1. The minimum Gasteiger partial charge on any atom is -0.507 e. The molecule has 0 atom stereocenters. The van der Waals surface area contributed by atoms with E-state index in [4.69, 9.17) is 16.3 Å². The second kappa shape index (κ2) is 8.97. The maximum absolute atomic E-state index is 12.1. The van der Waals surface area contributed by atoms with Gasteiger partial charge in [0.1, 0.15) is 11.5 Å². The molecule has 0 aliphatic carbocycles. The Morgan fingerprint density at radius 3 is 2.76 bits per heavy atom. The van der Waals surface area contributed by atoms with E-state index in [0.29, 0.717) is 16.3 Å². The fourth-order valence-electron chi connectivity index (χ4n) is 3.01. The van der Waals surface area contributed by atoms with Crippen LogP contribution in [0.4, 0.5) is 0 Å². The smallest absolute Gasteiger partial charge is 0.277 e. The first-order valence-electron chi connectivity index (χ1n) is 9.32. The first kappa shape index (κ1) is 20.7. The molecule has 0 aromatic heterocycles. The summed E-state index contributed by atoms with van der Waals surface area (Å²) in [6, 6.07) is 14.8. The predicted molar refractivity (Wildman–Crippen MR) is 117 cm³/mol. The summed E-state index contributed by atoms with van der Waals surface area (Å²) in [6.07, 6.45) is 1.43.